The van der Waals surface area contributed by atoms with Crippen LogP contribution >= 0.6 is 0 Å². The molecular formula is C43H29N3O2. The van der Waals surface area contributed by atoms with Gasteiger partial charge < -0.3 is 9.25 Å². The van der Waals surface area contributed by atoms with Crippen molar-refractivity contribution in [1.29, 1.82) is 0 Å². The number of hydrogen-bond acceptors (Lipinski definition) is 5. The second-order valence-electron chi connectivity index (χ2n) is 12.8. The summed E-state index contributed by atoms with van der Waals surface area (Å²) in [5, 5.41) is 9.40. The van der Waals surface area contributed by atoms with E-state index in [0.717, 1.165) is 88.2 Å². The van der Waals surface area contributed by atoms with E-state index in [0.29, 0.717) is 5.95 Å². The Morgan fingerprint density at radius 3 is 2.04 bits per heavy atom. The first kappa shape index (κ1) is 27.0. The number of hydrogen-bond donors (Lipinski definition) is 0. The fourth-order valence-corrected chi connectivity index (χ4v) is 7.86. The normalized spacial score (nSPS) is 12.6. The number of rotatable bonds is 2. The molecular weight excluding hydrogens is 590 g/mol. The Kier molecular flexibility index (Phi) is 5.56. The number of aryl methyl sites for hydroxylation is 3. The van der Waals surface area contributed by atoms with Crippen molar-refractivity contribution in [3.63, 3.8) is 0 Å². The van der Waals surface area contributed by atoms with E-state index in [4.69, 9.17) is 19.2 Å². The van der Waals surface area contributed by atoms with Crippen LogP contribution in [0.3, 0.4) is 0 Å². The molecule has 0 saturated heterocycles. The molecule has 7 aromatic carbocycles. The molecule has 3 heterocycles. The van der Waals surface area contributed by atoms with Crippen LogP contribution in [0.15, 0.2) is 126 Å². The van der Waals surface area contributed by atoms with Crippen LogP contribution in [0.4, 0.5) is 11.6 Å². The van der Waals surface area contributed by atoms with Gasteiger partial charge >= 0.3 is 0 Å². The Morgan fingerprint density at radius 1 is 0.562 bits per heavy atom. The van der Waals surface area contributed by atoms with Crippen molar-refractivity contribution >= 4 is 66.0 Å². The van der Waals surface area contributed by atoms with Crippen LogP contribution in [0.5, 0.6) is 5.75 Å². The summed E-state index contributed by atoms with van der Waals surface area (Å²) in [5.41, 5.74) is 10.8. The number of aromatic nitrogens is 2. The van der Waals surface area contributed by atoms with Crippen LogP contribution < -0.4 is 9.90 Å². The van der Waals surface area contributed by atoms with E-state index in [1.54, 1.807) is 5.06 Å². The van der Waals surface area contributed by atoms with E-state index in [9.17, 15) is 0 Å². The first-order valence-electron chi connectivity index (χ1n) is 16.3. The summed E-state index contributed by atoms with van der Waals surface area (Å²) >= 11 is 0. The summed E-state index contributed by atoms with van der Waals surface area (Å²) in [7, 11) is 0. The highest BCUT2D eigenvalue weighted by atomic mass is 16.7. The number of para-hydroxylation sites is 2. The lowest BCUT2D eigenvalue weighted by atomic mass is 9.89. The molecule has 0 bridgehead atoms. The topological polar surface area (TPSA) is 51.4 Å². The third-order valence-electron chi connectivity index (χ3n) is 9.73. The first-order valence-corrected chi connectivity index (χ1v) is 16.3. The molecule has 5 heteroatoms. The lowest BCUT2D eigenvalue weighted by molar-refractivity contribution is 0.315. The monoisotopic (exact) mass is 619 g/mol. The molecule has 9 aromatic rings. The molecule has 0 atom stereocenters. The predicted molar refractivity (Wildman–Crippen MR) is 196 cm³/mol. The van der Waals surface area contributed by atoms with Gasteiger partial charge in [0, 0.05) is 32.8 Å². The Morgan fingerprint density at radius 2 is 1.23 bits per heavy atom. The van der Waals surface area contributed by atoms with Gasteiger partial charge in [-0.2, -0.15) is 0 Å². The molecule has 0 amide bonds. The summed E-state index contributed by atoms with van der Waals surface area (Å²) < 4.78 is 6.81. The van der Waals surface area contributed by atoms with Crippen LogP contribution in [0, 0.1) is 20.8 Å². The quantitative estimate of drug-likeness (QED) is 0.193. The number of anilines is 2. The second-order valence-corrected chi connectivity index (χ2v) is 12.8. The second kappa shape index (κ2) is 9.90. The summed E-state index contributed by atoms with van der Waals surface area (Å²) in [6, 6.07) is 42.1. The maximum atomic E-state index is 6.97. The molecule has 0 N–H and O–H groups in total. The maximum absolute atomic E-state index is 6.97. The van der Waals surface area contributed by atoms with Crippen molar-refractivity contribution in [3.05, 3.63) is 138 Å². The Labute approximate surface area is 276 Å². The van der Waals surface area contributed by atoms with Gasteiger partial charge in [0.1, 0.15) is 11.3 Å². The van der Waals surface area contributed by atoms with Crippen molar-refractivity contribution in [2.45, 2.75) is 20.8 Å². The summed E-state index contributed by atoms with van der Waals surface area (Å²) in [6.07, 6.45) is 0. The lowest BCUT2D eigenvalue weighted by Crippen LogP contribution is -2.28. The third-order valence-corrected chi connectivity index (χ3v) is 9.73. The van der Waals surface area contributed by atoms with Gasteiger partial charge in [-0.25, -0.2) is 9.97 Å². The summed E-state index contributed by atoms with van der Waals surface area (Å²) in [4.78, 5) is 17.5. The smallest absolute Gasteiger partial charge is 0.265 e. The number of fused-ring (bicyclic) bond motifs is 13. The van der Waals surface area contributed by atoms with Gasteiger partial charge in [-0.3, -0.25) is 0 Å². The van der Waals surface area contributed by atoms with Crippen LogP contribution in [0.2, 0.25) is 0 Å². The van der Waals surface area contributed by atoms with Crippen molar-refractivity contribution in [2.75, 3.05) is 5.06 Å². The molecule has 0 aliphatic carbocycles. The highest BCUT2D eigenvalue weighted by Crippen LogP contribution is 2.55. The average molecular weight is 620 g/mol. The molecule has 0 fully saturated rings. The van der Waals surface area contributed by atoms with Crippen molar-refractivity contribution in [1.82, 2.24) is 9.97 Å². The van der Waals surface area contributed by atoms with Gasteiger partial charge in [-0.15, -0.1) is 5.06 Å². The van der Waals surface area contributed by atoms with Crippen LogP contribution in [-0.2, 0) is 0 Å². The Balaban J connectivity index is 1.37. The first-order chi connectivity index (χ1) is 23.5. The zero-order chi connectivity index (χ0) is 32.1. The van der Waals surface area contributed by atoms with Gasteiger partial charge in [0.05, 0.1) is 11.2 Å². The number of furan rings is 1. The molecule has 1 aliphatic rings. The minimum Gasteiger partial charge on any atom is -0.454 e. The van der Waals surface area contributed by atoms with E-state index in [1.807, 2.05) is 30.3 Å². The fourth-order valence-electron chi connectivity index (χ4n) is 7.86. The van der Waals surface area contributed by atoms with E-state index in [1.165, 1.54) is 16.7 Å². The molecule has 5 nitrogen and oxygen atoms in total. The van der Waals surface area contributed by atoms with E-state index in [-0.39, 0.29) is 0 Å². The minimum absolute atomic E-state index is 0.445. The van der Waals surface area contributed by atoms with Crippen LogP contribution in [0.25, 0.3) is 76.8 Å². The van der Waals surface area contributed by atoms with E-state index in [2.05, 4.69) is 112 Å². The van der Waals surface area contributed by atoms with Gasteiger partial charge in [0.2, 0.25) is 0 Å². The molecule has 228 valence electrons. The molecule has 1 aliphatic heterocycles. The molecule has 2 aromatic heterocycles. The Hall–Kier alpha value is -6.20. The SMILES string of the molecule is Cc1cc(C)c(-c2nc(N3Oc4ccc5ccccc5c4-c4c3c3oc5ccccc5c3c3ccccc43)nc3ccccc23)c(C)c1. The highest BCUT2D eigenvalue weighted by molar-refractivity contribution is 6.29. The van der Waals surface area contributed by atoms with Crippen LogP contribution in [0.1, 0.15) is 16.7 Å². The maximum Gasteiger partial charge on any atom is 0.265 e. The molecule has 0 spiro atoms. The average Bonchev–Trinajstić information content (AvgIpc) is 3.50. The van der Waals surface area contributed by atoms with Crippen LogP contribution in [-0.4, -0.2) is 9.97 Å². The minimum atomic E-state index is 0.445. The molecule has 48 heavy (non-hydrogen) atoms. The van der Waals surface area contributed by atoms with Crippen molar-refractivity contribution in [3.8, 4) is 28.1 Å². The van der Waals surface area contributed by atoms with Gasteiger partial charge in [0.25, 0.3) is 5.95 Å². The zero-order valence-corrected chi connectivity index (χ0v) is 26.7. The number of benzene rings is 7. The zero-order valence-electron chi connectivity index (χ0n) is 26.7. The third kappa shape index (κ3) is 3.73. The van der Waals surface area contributed by atoms with Gasteiger partial charge in [-0.05, 0) is 71.6 Å². The summed E-state index contributed by atoms with van der Waals surface area (Å²) in [6.45, 7) is 6.45. The van der Waals surface area contributed by atoms with Gasteiger partial charge in [0.15, 0.2) is 11.3 Å². The predicted octanol–water partition coefficient (Wildman–Crippen LogP) is 11.5. The Bertz CT molecular complexity index is 2790. The standard InChI is InChI=1S/C43H29N3O2/c1-24-22-25(2)36(26(3)23-24)40-31-16-8-10-18-33(31)44-43(45-40)46-41-39(38-28-13-5-4-12-27(28)20-21-35(38)48-46)30-15-7-6-14-29(30)37-32-17-9-11-19-34(32)47-42(37)41/h4-23H,1-3H3. The molecule has 0 saturated carbocycles. The molecule has 10 rings (SSSR count). The fraction of sp³-hybridized carbons (Fsp3) is 0.0698. The molecule has 0 radical (unpaired) electrons. The van der Waals surface area contributed by atoms with Gasteiger partial charge in [-0.1, -0.05) is 109 Å². The number of nitrogens with zero attached hydrogens (tertiary/aromatic N) is 3. The largest absolute Gasteiger partial charge is 0.454 e. The van der Waals surface area contributed by atoms with E-state index >= 15 is 0 Å². The summed E-state index contributed by atoms with van der Waals surface area (Å²) in [5.74, 6) is 1.18. The molecule has 0 unspecified atom stereocenters. The highest BCUT2D eigenvalue weighted by Gasteiger charge is 2.35. The van der Waals surface area contributed by atoms with Crippen molar-refractivity contribution in [2.24, 2.45) is 0 Å². The van der Waals surface area contributed by atoms with Crippen molar-refractivity contribution < 1.29 is 9.25 Å². The van der Waals surface area contributed by atoms with E-state index < -0.39 is 0 Å². The lowest BCUT2D eigenvalue weighted by Gasteiger charge is -2.32.